The summed E-state index contributed by atoms with van der Waals surface area (Å²) in [4.78, 5) is 2.36. The molecule has 1 aliphatic heterocycles. The van der Waals surface area contributed by atoms with E-state index in [1.165, 1.54) is 43.3 Å². The molecule has 0 amide bonds. The van der Waals surface area contributed by atoms with Crippen LogP contribution in [0, 0.1) is 0 Å². The second-order valence-corrected chi connectivity index (χ2v) is 9.77. The van der Waals surface area contributed by atoms with Crippen molar-refractivity contribution < 1.29 is 27.6 Å². The maximum atomic E-state index is 12.6. The van der Waals surface area contributed by atoms with Gasteiger partial charge in [-0.25, -0.2) is 0 Å². The summed E-state index contributed by atoms with van der Waals surface area (Å²) in [6.07, 6.45) is -1.79. The predicted molar refractivity (Wildman–Crippen MR) is 132 cm³/mol. The SMILES string of the molecule is CN1CCCC1.OCc1ccc(-c2cc(OSNc3ccc(C(F)(F)F)c(O)c3)sc2Cl)cc1. The van der Waals surface area contributed by atoms with Crippen LogP contribution in [0.5, 0.6) is 10.8 Å². The molecule has 3 aromatic rings. The van der Waals surface area contributed by atoms with Gasteiger partial charge in [-0.1, -0.05) is 47.2 Å². The van der Waals surface area contributed by atoms with Crippen LogP contribution >= 0.6 is 35.2 Å². The minimum atomic E-state index is -4.62. The van der Waals surface area contributed by atoms with Crippen molar-refractivity contribution in [2.45, 2.75) is 25.6 Å². The van der Waals surface area contributed by atoms with Crippen LogP contribution in [0.25, 0.3) is 11.1 Å². The number of phenolic OH excluding ortho intramolecular Hbond substituents is 1. The van der Waals surface area contributed by atoms with Gasteiger partial charge in [-0.2, -0.15) is 13.2 Å². The lowest BCUT2D eigenvalue weighted by atomic mass is 10.1. The third-order valence-corrected chi connectivity index (χ3v) is 6.95. The number of anilines is 1. The standard InChI is InChI=1S/C18H13ClF3NO3S2.C5H11N/c19-17-13(11-3-1-10(9-24)2-4-11)8-16(27-17)26-28-23-12-5-6-14(15(25)7-12)18(20,21)22;1-6-4-2-3-5-6/h1-8,23-25H,9H2;2-5H2,1H3. The lowest BCUT2D eigenvalue weighted by Crippen LogP contribution is -2.10. The Bertz CT molecular complexity index is 1070. The Morgan fingerprint density at radius 1 is 1.12 bits per heavy atom. The molecule has 0 atom stereocenters. The monoisotopic (exact) mass is 532 g/mol. The van der Waals surface area contributed by atoms with Crippen molar-refractivity contribution in [1.82, 2.24) is 4.90 Å². The highest BCUT2D eigenvalue weighted by Crippen LogP contribution is 2.41. The van der Waals surface area contributed by atoms with Crippen LogP contribution in [0.15, 0.2) is 48.5 Å². The molecule has 3 N–H and O–H groups in total. The molecule has 0 bridgehead atoms. The fraction of sp³-hybridized carbons (Fsp3) is 0.304. The minimum absolute atomic E-state index is 0.0478. The second-order valence-electron chi connectivity index (χ2n) is 7.62. The number of thiophene rings is 1. The number of aliphatic hydroxyl groups excluding tert-OH is 1. The molecule has 0 radical (unpaired) electrons. The molecular weight excluding hydrogens is 509 g/mol. The molecule has 0 spiro atoms. The van der Waals surface area contributed by atoms with Crippen LogP contribution in [0.4, 0.5) is 18.9 Å². The molecule has 34 heavy (non-hydrogen) atoms. The molecule has 1 aliphatic rings. The molecule has 2 heterocycles. The second kappa shape index (κ2) is 12.0. The van der Waals surface area contributed by atoms with E-state index in [9.17, 15) is 18.3 Å². The number of nitrogens with zero attached hydrogens (tertiary/aromatic N) is 1. The molecule has 4 rings (SSSR count). The summed E-state index contributed by atoms with van der Waals surface area (Å²) in [6.45, 7) is 2.59. The van der Waals surface area contributed by atoms with Crippen LogP contribution in [0.2, 0.25) is 4.34 Å². The molecule has 184 valence electrons. The fourth-order valence-electron chi connectivity index (χ4n) is 3.20. The van der Waals surface area contributed by atoms with E-state index >= 15 is 0 Å². The highest BCUT2D eigenvalue weighted by atomic mass is 35.5. The zero-order valence-electron chi connectivity index (χ0n) is 18.2. The van der Waals surface area contributed by atoms with Gasteiger partial charge in [0.15, 0.2) is 17.3 Å². The van der Waals surface area contributed by atoms with E-state index in [1.807, 2.05) is 12.1 Å². The number of hydrogen-bond donors (Lipinski definition) is 3. The van der Waals surface area contributed by atoms with E-state index in [2.05, 4.69) is 16.7 Å². The van der Waals surface area contributed by atoms with Crippen molar-refractivity contribution in [1.29, 1.82) is 0 Å². The molecule has 0 aliphatic carbocycles. The quantitative estimate of drug-likeness (QED) is 0.233. The summed E-state index contributed by atoms with van der Waals surface area (Å²) in [5.74, 6) is -0.870. The first kappa shape index (κ1) is 26.5. The first-order chi connectivity index (χ1) is 16.2. The minimum Gasteiger partial charge on any atom is -0.507 e. The summed E-state index contributed by atoms with van der Waals surface area (Å²) >= 11 is 8.23. The maximum Gasteiger partial charge on any atom is 0.419 e. The fourth-order valence-corrected chi connectivity index (χ4v) is 4.86. The topological polar surface area (TPSA) is 65.0 Å². The number of phenols is 1. The van der Waals surface area contributed by atoms with Crippen molar-refractivity contribution in [2.75, 3.05) is 24.9 Å². The summed E-state index contributed by atoms with van der Waals surface area (Å²) in [5, 5.41) is 19.1. The van der Waals surface area contributed by atoms with Crippen molar-refractivity contribution in [2.24, 2.45) is 0 Å². The summed E-state index contributed by atoms with van der Waals surface area (Å²) in [6, 6.07) is 11.9. The number of likely N-dealkylation sites (tertiary alicyclic amines) is 1. The molecule has 1 fully saturated rings. The number of rotatable bonds is 6. The van der Waals surface area contributed by atoms with Gasteiger partial charge in [0.1, 0.15) is 10.1 Å². The number of benzene rings is 2. The van der Waals surface area contributed by atoms with Gasteiger partial charge in [0.25, 0.3) is 0 Å². The third kappa shape index (κ3) is 7.44. The first-order valence-corrected chi connectivity index (χ1v) is 12.3. The van der Waals surface area contributed by atoms with E-state index in [1.54, 1.807) is 18.2 Å². The lowest BCUT2D eigenvalue weighted by molar-refractivity contribution is -0.138. The van der Waals surface area contributed by atoms with Crippen LogP contribution in [-0.2, 0) is 12.8 Å². The smallest absolute Gasteiger partial charge is 0.419 e. The largest absolute Gasteiger partial charge is 0.507 e. The average molecular weight is 533 g/mol. The Morgan fingerprint density at radius 3 is 2.32 bits per heavy atom. The van der Waals surface area contributed by atoms with Crippen molar-refractivity contribution in [3.63, 3.8) is 0 Å². The Hall–Kier alpha value is -2.11. The van der Waals surface area contributed by atoms with Gasteiger partial charge in [-0.15, -0.1) is 0 Å². The number of nitrogens with one attached hydrogen (secondary N) is 1. The molecule has 1 aromatic heterocycles. The highest BCUT2D eigenvalue weighted by molar-refractivity contribution is 7.96. The summed E-state index contributed by atoms with van der Waals surface area (Å²) < 4.78 is 46.6. The Kier molecular flexibility index (Phi) is 9.38. The van der Waals surface area contributed by atoms with Gasteiger partial charge >= 0.3 is 6.18 Å². The molecule has 2 aromatic carbocycles. The number of aliphatic hydroxyl groups is 1. The summed E-state index contributed by atoms with van der Waals surface area (Å²) in [7, 11) is 2.17. The van der Waals surface area contributed by atoms with Crippen molar-refractivity contribution in [3.8, 4) is 21.9 Å². The van der Waals surface area contributed by atoms with Crippen molar-refractivity contribution in [3.05, 3.63) is 64.0 Å². The van der Waals surface area contributed by atoms with Gasteiger partial charge in [0.2, 0.25) is 0 Å². The van der Waals surface area contributed by atoms with E-state index in [0.717, 1.165) is 41.1 Å². The predicted octanol–water partition coefficient (Wildman–Crippen LogP) is 7.05. The zero-order chi connectivity index (χ0) is 24.7. The Balaban J connectivity index is 0.000000469. The average Bonchev–Trinajstić information content (AvgIpc) is 3.42. The van der Waals surface area contributed by atoms with Crippen LogP contribution in [0.3, 0.4) is 0 Å². The zero-order valence-corrected chi connectivity index (χ0v) is 20.6. The Labute approximate surface area is 209 Å². The molecule has 0 unspecified atom stereocenters. The molecular formula is C23H24ClF3N2O3S2. The van der Waals surface area contributed by atoms with Gasteiger partial charge in [-0.3, -0.25) is 4.72 Å². The van der Waals surface area contributed by atoms with E-state index in [4.69, 9.17) is 20.9 Å². The number of alkyl halides is 3. The van der Waals surface area contributed by atoms with Crippen LogP contribution < -0.4 is 8.91 Å². The van der Waals surface area contributed by atoms with Crippen LogP contribution in [0.1, 0.15) is 24.0 Å². The van der Waals surface area contributed by atoms with Gasteiger partial charge in [-0.05, 0) is 56.2 Å². The van der Waals surface area contributed by atoms with E-state index in [0.29, 0.717) is 9.40 Å². The van der Waals surface area contributed by atoms with Gasteiger partial charge in [0, 0.05) is 17.7 Å². The van der Waals surface area contributed by atoms with Crippen LogP contribution in [-0.4, -0.2) is 35.3 Å². The van der Waals surface area contributed by atoms with Gasteiger partial charge in [0.05, 0.1) is 17.9 Å². The third-order valence-electron chi connectivity index (χ3n) is 5.03. The molecule has 0 saturated carbocycles. The number of halogens is 4. The lowest BCUT2D eigenvalue weighted by Gasteiger charge is -2.10. The normalized spacial score (nSPS) is 13.9. The maximum absolute atomic E-state index is 12.6. The Morgan fingerprint density at radius 2 is 1.79 bits per heavy atom. The van der Waals surface area contributed by atoms with E-state index in [-0.39, 0.29) is 12.3 Å². The first-order valence-electron chi connectivity index (χ1n) is 10.3. The molecule has 5 nitrogen and oxygen atoms in total. The summed E-state index contributed by atoms with van der Waals surface area (Å²) in [5.41, 5.74) is 1.55. The van der Waals surface area contributed by atoms with E-state index < -0.39 is 17.5 Å². The van der Waals surface area contributed by atoms with Crippen molar-refractivity contribution >= 4 is 40.9 Å². The van der Waals surface area contributed by atoms with Gasteiger partial charge < -0.3 is 19.3 Å². The molecule has 1 saturated heterocycles. The molecule has 11 heteroatoms. The highest BCUT2D eigenvalue weighted by Gasteiger charge is 2.33. The number of hydrogen-bond acceptors (Lipinski definition) is 7. The number of aromatic hydroxyl groups is 1.